The molecule has 0 radical (unpaired) electrons. The number of hydrogen-bond donors (Lipinski definition) is 2. The maximum absolute atomic E-state index is 8.81. The van der Waals surface area contributed by atoms with E-state index in [4.69, 9.17) is 10.2 Å². The second kappa shape index (κ2) is 2.77. The number of aliphatic hydroxyl groups excluding tert-OH is 2. The molecule has 1 aromatic rings. The molecule has 0 aliphatic rings. The van der Waals surface area contributed by atoms with Crippen molar-refractivity contribution in [2.24, 2.45) is 0 Å². The van der Waals surface area contributed by atoms with Crippen LogP contribution < -0.4 is 0 Å². The van der Waals surface area contributed by atoms with Crippen molar-refractivity contribution >= 4 is 5.76 Å². The van der Waals surface area contributed by atoms with Crippen molar-refractivity contribution in [3.05, 3.63) is 24.5 Å². The van der Waals surface area contributed by atoms with Crippen LogP contribution in [0.3, 0.4) is 0 Å². The highest BCUT2D eigenvalue weighted by Crippen LogP contribution is 2.01. The van der Waals surface area contributed by atoms with Crippen LogP contribution in [0.4, 0.5) is 0 Å². The van der Waals surface area contributed by atoms with Crippen LogP contribution in [0.15, 0.2) is 18.8 Å². The topological polar surface area (TPSA) is 79.1 Å². The highest BCUT2D eigenvalue weighted by Gasteiger charge is 1.97. The predicted octanol–water partition coefficient (Wildman–Crippen LogP) is 0.286. The average Bonchev–Trinajstić information content (AvgIpc) is 2.05. The zero-order valence-corrected chi connectivity index (χ0v) is 4.97. The number of aliphatic hydroxyl groups is 2. The first-order valence-electron chi connectivity index (χ1n) is 2.51. The minimum atomic E-state index is -0.324. The standard InChI is InChI=1S/C5H5N3O2/c9-2-5(10)4-1-7-8-3-6-4/h1-3,9-10H. The molecule has 0 fully saturated rings. The van der Waals surface area contributed by atoms with Crippen LogP contribution in [-0.4, -0.2) is 25.4 Å². The van der Waals surface area contributed by atoms with E-state index in [9.17, 15) is 0 Å². The summed E-state index contributed by atoms with van der Waals surface area (Å²) in [6, 6.07) is 0. The van der Waals surface area contributed by atoms with Crippen molar-refractivity contribution in [3.8, 4) is 0 Å². The molecule has 0 unspecified atom stereocenters. The lowest BCUT2D eigenvalue weighted by atomic mass is 10.4. The number of rotatable bonds is 1. The molecular formula is C5H5N3O2. The summed E-state index contributed by atoms with van der Waals surface area (Å²) >= 11 is 0. The van der Waals surface area contributed by atoms with Gasteiger partial charge in [0.25, 0.3) is 0 Å². The van der Waals surface area contributed by atoms with E-state index < -0.39 is 0 Å². The van der Waals surface area contributed by atoms with Gasteiger partial charge in [0.2, 0.25) is 0 Å². The SMILES string of the molecule is OC=C(O)c1cnncn1. The molecule has 5 nitrogen and oxygen atoms in total. The lowest BCUT2D eigenvalue weighted by Gasteiger charge is -1.92. The molecule has 0 aromatic carbocycles. The third kappa shape index (κ3) is 1.19. The van der Waals surface area contributed by atoms with E-state index in [2.05, 4.69) is 15.2 Å². The molecule has 1 aromatic heterocycles. The molecule has 52 valence electrons. The third-order valence-electron chi connectivity index (χ3n) is 0.880. The highest BCUT2D eigenvalue weighted by atomic mass is 16.3. The van der Waals surface area contributed by atoms with Crippen LogP contribution in [-0.2, 0) is 0 Å². The second-order valence-electron chi connectivity index (χ2n) is 1.50. The van der Waals surface area contributed by atoms with Crippen LogP contribution in [0.5, 0.6) is 0 Å². The molecule has 2 N–H and O–H groups in total. The molecule has 0 atom stereocenters. The molecule has 10 heavy (non-hydrogen) atoms. The molecule has 1 heterocycles. The van der Waals surface area contributed by atoms with Gasteiger partial charge in [0.1, 0.15) is 18.3 Å². The van der Waals surface area contributed by atoms with Gasteiger partial charge in [0.05, 0.1) is 6.20 Å². The average molecular weight is 139 g/mol. The van der Waals surface area contributed by atoms with Gasteiger partial charge in [0.15, 0.2) is 5.76 Å². The highest BCUT2D eigenvalue weighted by molar-refractivity contribution is 5.51. The maximum Gasteiger partial charge on any atom is 0.177 e. The van der Waals surface area contributed by atoms with Gasteiger partial charge < -0.3 is 10.2 Å². The summed E-state index contributed by atoms with van der Waals surface area (Å²) < 4.78 is 0. The van der Waals surface area contributed by atoms with E-state index in [1.165, 1.54) is 12.5 Å². The van der Waals surface area contributed by atoms with E-state index in [0.29, 0.717) is 6.26 Å². The third-order valence-corrected chi connectivity index (χ3v) is 0.880. The zero-order chi connectivity index (χ0) is 7.40. The molecule has 5 heteroatoms. The van der Waals surface area contributed by atoms with Crippen molar-refractivity contribution < 1.29 is 10.2 Å². The van der Waals surface area contributed by atoms with Crippen LogP contribution in [0.2, 0.25) is 0 Å². The molecule has 0 aliphatic carbocycles. The molecular weight excluding hydrogens is 134 g/mol. The van der Waals surface area contributed by atoms with Crippen LogP contribution in [0, 0.1) is 0 Å². The van der Waals surface area contributed by atoms with E-state index in [1.807, 2.05) is 0 Å². The van der Waals surface area contributed by atoms with Gasteiger partial charge in [-0.2, -0.15) is 5.10 Å². The molecule has 0 amide bonds. The summed E-state index contributed by atoms with van der Waals surface area (Å²) in [5.74, 6) is -0.324. The normalized spacial score (nSPS) is 11.4. The van der Waals surface area contributed by atoms with Gasteiger partial charge in [-0.05, 0) is 0 Å². The van der Waals surface area contributed by atoms with Gasteiger partial charge >= 0.3 is 0 Å². The second-order valence-corrected chi connectivity index (χ2v) is 1.50. The van der Waals surface area contributed by atoms with Gasteiger partial charge in [-0.3, -0.25) is 0 Å². The monoisotopic (exact) mass is 139 g/mol. The Morgan fingerprint density at radius 3 is 2.80 bits per heavy atom. The summed E-state index contributed by atoms with van der Waals surface area (Å²) in [6.45, 7) is 0. The first-order chi connectivity index (χ1) is 4.84. The van der Waals surface area contributed by atoms with Gasteiger partial charge in [-0.1, -0.05) is 0 Å². The number of nitrogens with zero attached hydrogens (tertiary/aromatic N) is 3. The summed E-state index contributed by atoms with van der Waals surface area (Å²) in [4.78, 5) is 3.60. The Balaban J connectivity index is 2.96. The first kappa shape index (κ1) is 6.47. The van der Waals surface area contributed by atoms with E-state index in [-0.39, 0.29) is 11.5 Å². The quantitative estimate of drug-likeness (QED) is 0.546. The summed E-state index contributed by atoms with van der Waals surface area (Å²) in [7, 11) is 0. The van der Waals surface area contributed by atoms with E-state index in [1.54, 1.807) is 0 Å². The Bertz CT molecular complexity index is 234. The Labute approximate surface area is 56.7 Å². The number of hydrogen-bond acceptors (Lipinski definition) is 5. The molecule has 0 spiro atoms. The lowest BCUT2D eigenvalue weighted by molar-refractivity contribution is 0.429. The first-order valence-corrected chi connectivity index (χ1v) is 2.51. The van der Waals surface area contributed by atoms with Crippen molar-refractivity contribution in [1.29, 1.82) is 0 Å². The maximum atomic E-state index is 8.81. The van der Waals surface area contributed by atoms with Crippen molar-refractivity contribution in [2.75, 3.05) is 0 Å². The molecule has 0 bridgehead atoms. The Morgan fingerprint density at radius 1 is 1.50 bits per heavy atom. The van der Waals surface area contributed by atoms with Crippen molar-refractivity contribution in [2.45, 2.75) is 0 Å². The van der Waals surface area contributed by atoms with E-state index >= 15 is 0 Å². The predicted molar refractivity (Wildman–Crippen MR) is 33.1 cm³/mol. The summed E-state index contributed by atoms with van der Waals surface area (Å²) in [5, 5.41) is 23.9. The van der Waals surface area contributed by atoms with Crippen LogP contribution >= 0.6 is 0 Å². The molecule has 1 rings (SSSR count). The van der Waals surface area contributed by atoms with Crippen LogP contribution in [0.25, 0.3) is 5.76 Å². The fraction of sp³-hybridized carbons (Fsp3) is 0. The Morgan fingerprint density at radius 2 is 2.30 bits per heavy atom. The minimum Gasteiger partial charge on any atom is -0.512 e. The molecule has 0 aliphatic heterocycles. The van der Waals surface area contributed by atoms with Crippen molar-refractivity contribution in [1.82, 2.24) is 15.2 Å². The van der Waals surface area contributed by atoms with E-state index in [0.717, 1.165) is 0 Å². The fourth-order valence-electron chi connectivity index (χ4n) is 0.438. The lowest BCUT2D eigenvalue weighted by Crippen LogP contribution is -1.90. The smallest absolute Gasteiger partial charge is 0.177 e. The largest absolute Gasteiger partial charge is 0.512 e. The number of aromatic nitrogens is 3. The molecule has 0 saturated heterocycles. The van der Waals surface area contributed by atoms with Crippen LogP contribution in [0.1, 0.15) is 5.69 Å². The van der Waals surface area contributed by atoms with Gasteiger partial charge in [-0.25, -0.2) is 4.98 Å². The Kier molecular flexibility index (Phi) is 1.79. The minimum absolute atomic E-state index is 0.192. The fourth-order valence-corrected chi connectivity index (χ4v) is 0.438. The van der Waals surface area contributed by atoms with Gasteiger partial charge in [-0.15, -0.1) is 5.10 Å². The summed E-state index contributed by atoms with van der Waals surface area (Å²) in [6.07, 6.45) is 2.96. The zero-order valence-electron chi connectivity index (χ0n) is 4.97. The van der Waals surface area contributed by atoms with Gasteiger partial charge in [0, 0.05) is 0 Å². The van der Waals surface area contributed by atoms with Crippen molar-refractivity contribution in [3.63, 3.8) is 0 Å². The Hall–Kier alpha value is -1.65. The molecule has 0 saturated carbocycles. The summed E-state index contributed by atoms with van der Waals surface area (Å²) in [5.41, 5.74) is 0.192.